The van der Waals surface area contributed by atoms with Gasteiger partial charge in [-0.05, 0) is 274 Å². The highest BCUT2D eigenvalue weighted by Crippen LogP contribution is 2.55. The van der Waals surface area contributed by atoms with E-state index >= 15 is 0 Å². The minimum Gasteiger partial charge on any atom is -0.456 e. The first-order chi connectivity index (χ1) is 68.4. The van der Waals surface area contributed by atoms with E-state index in [0.29, 0.717) is 0 Å². The van der Waals surface area contributed by atoms with Crippen LogP contribution in [-0.4, -0.2) is 0 Å². The van der Waals surface area contributed by atoms with Crippen molar-refractivity contribution < 1.29 is 8.83 Å². The van der Waals surface area contributed by atoms with E-state index < -0.39 is 0 Å². The van der Waals surface area contributed by atoms with Gasteiger partial charge >= 0.3 is 0 Å². The van der Waals surface area contributed by atoms with E-state index in [1.807, 2.05) is 35.6 Å². The molecule has 3 aromatic heterocycles. The molecule has 660 valence electrons. The number of rotatable bonds is 15. The van der Waals surface area contributed by atoms with Gasteiger partial charge in [0.1, 0.15) is 22.3 Å². The number of hydrogen-bond acceptors (Lipinski definition) is 6. The second-order valence-corrected chi connectivity index (χ2v) is 38.8. The predicted octanol–water partition coefficient (Wildman–Crippen LogP) is 37.8. The smallest absolute Gasteiger partial charge is 0.143 e. The van der Waals surface area contributed by atoms with Crippen molar-refractivity contribution in [3.8, 4) is 100 Å². The van der Waals surface area contributed by atoms with Crippen LogP contribution in [0.3, 0.4) is 0 Å². The third-order valence-electron chi connectivity index (χ3n) is 28.9. The lowest BCUT2D eigenvalue weighted by Crippen LogP contribution is -2.16. The van der Waals surface area contributed by atoms with Gasteiger partial charge in [0.2, 0.25) is 0 Å². The third-order valence-corrected chi connectivity index (χ3v) is 30.1. The molecule has 24 aromatic rings. The first-order valence-electron chi connectivity index (χ1n) is 48.0. The molecule has 0 fully saturated rings. The van der Waals surface area contributed by atoms with Gasteiger partial charge in [-0.15, -0.1) is 11.3 Å². The molecule has 0 amide bonds. The summed E-state index contributed by atoms with van der Waals surface area (Å²) in [6, 6.07) is 178. The standard InChI is InChI=1S/C45H33NO.C45H33NS.C43H29NO/c1-45(2)41-17-8-6-15-37(41)38-25-24-36(29-42(38)45)46(34-22-19-31(20-23-34)30-11-4-3-5-12-30)35-14-10-13-32(27-35)33-21-26-44-40(28-33)39-16-7-9-18-43(39)47-44;1-45(2)41-17-8-6-13-37(41)38-28-27-35(29-42(38)45)46(33-23-19-31(20-24-33)30-11-4-3-5-12-30)34-25-21-32(22-26-34)36-15-10-16-40-39-14-7-9-18-43(39)47-44(36)40;1-2-9-29(10-3-1)30-17-21-34(22-18-30)44(36-25-26-38-33(28-36)27-32-11-4-5-12-37(32)38)35-23-19-31(20-24-35)39-14-8-15-41-40-13-6-7-16-42(40)45-43(39)41/h2*3-29H,1-2H3;1-26,28H,27H2. The molecule has 0 radical (unpaired) electrons. The molecule has 0 saturated carbocycles. The van der Waals surface area contributed by atoms with Crippen molar-refractivity contribution in [2.75, 3.05) is 14.7 Å². The topological polar surface area (TPSA) is 36.0 Å². The van der Waals surface area contributed by atoms with Crippen molar-refractivity contribution in [2.24, 2.45) is 0 Å². The minimum absolute atomic E-state index is 0.0719. The molecule has 139 heavy (non-hydrogen) atoms. The highest BCUT2D eigenvalue weighted by atomic mass is 32.1. The maximum absolute atomic E-state index is 6.36. The van der Waals surface area contributed by atoms with Gasteiger partial charge in [-0.2, -0.15) is 0 Å². The molecular weight excluding hydrogens is 1700 g/mol. The monoisotopic (exact) mass is 1800 g/mol. The van der Waals surface area contributed by atoms with E-state index in [9.17, 15) is 0 Å². The number of fused-ring (bicyclic) bond motifs is 18. The van der Waals surface area contributed by atoms with Gasteiger partial charge in [0.15, 0.2) is 0 Å². The van der Waals surface area contributed by atoms with Crippen LogP contribution in [0.1, 0.15) is 61.1 Å². The van der Waals surface area contributed by atoms with Crippen LogP contribution in [0.25, 0.3) is 164 Å². The molecule has 5 nitrogen and oxygen atoms in total. The van der Waals surface area contributed by atoms with E-state index in [4.69, 9.17) is 8.83 Å². The first-order valence-corrected chi connectivity index (χ1v) is 48.8. The Balaban J connectivity index is 0.000000110. The molecule has 0 spiro atoms. The Bertz CT molecular complexity index is 8820. The molecular formula is C133H95N3O2S. The van der Waals surface area contributed by atoms with Gasteiger partial charge in [0.05, 0.1) is 0 Å². The molecule has 6 heteroatoms. The summed E-state index contributed by atoms with van der Waals surface area (Å²) in [5, 5.41) is 7.23. The van der Waals surface area contributed by atoms with Gasteiger partial charge in [-0.3, -0.25) is 0 Å². The highest BCUT2D eigenvalue weighted by molar-refractivity contribution is 7.26. The predicted molar refractivity (Wildman–Crippen MR) is 587 cm³/mol. The largest absolute Gasteiger partial charge is 0.456 e. The molecule has 0 unspecified atom stereocenters. The third kappa shape index (κ3) is 15.0. The summed E-state index contributed by atoms with van der Waals surface area (Å²) in [7, 11) is 0. The Labute approximate surface area is 814 Å². The molecule has 0 atom stereocenters. The number of benzene rings is 21. The second-order valence-electron chi connectivity index (χ2n) is 37.7. The number of thiophene rings is 1. The van der Waals surface area contributed by atoms with Crippen LogP contribution in [0, 0.1) is 0 Å². The Morgan fingerprint density at radius 1 is 0.194 bits per heavy atom. The number of hydrogen-bond donors (Lipinski definition) is 0. The van der Waals surface area contributed by atoms with Crippen molar-refractivity contribution in [2.45, 2.75) is 44.9 Å². The number of para-hydroxylation sites is 3. The number of anilines is 9. The van der Waals surface area contributed by atoms with Gasteiger partial charge in [0, 0.05) is 109 Å². The normalized spacial score (nSPS) is 12.7. The maximum atomic E-state index is 6.36. The van der Waals surface area contributed by atoms with Gasteiger partial charge < -0.3 is 23.5 Å². The fraction of sp³-hybridized carbons (Fsp3) is 0.0526. The SMILES string of the molecule is CC1(C)c2ccccc2-c2ccc(N(c3ccc(-c4ccccc4)cc3)c3ccc(-c4cccc5c4sc4ccccc45)cc3)cc21.CC1(C)c2ccccc2-c2ccc(N(c3ccc(-c4ccccc4)cc3)c3cccc(-c4ccc5oc6ccccc6c5c4)c3)cc21.c1ccc(-c2ccc(N(c3ccc(-c4cccc5c4oc4ccccc45)cc3)c3ccc4c(c3)Cc3ccccc3-4)cc2)cc1. The van der Waals surface area contributed by atoms with Crippen molar-refractivity contribution >= 4 is 127 Å². The maximum Gasteiger partial charge on any atom is 0.143 e. The Morgan fingerprint density at radius 2 is 0.532 bits per heavy atom. The summed E-state index contributed by atoms with van der Waals surface area (Å²) in [4.78, 5) is 7.16. The average molecular weight is 1800 g/mol. The zero-order valence-corrected chi connectivity index (χ0v) is 78.4. The zero-order chi connectivity index (χ0) is 92.8. The first kappa shape index (κ1) is 83.6. The Hall–Kier alpha value is -17.2. The van der Waals surface area contributed by atoms with E-state index in [-0.39, 0.29) is 10.8 Å². The number of furan rings is 2. The molecule has 0 aliphatic heterocycles. The minimum atomic E-state index is -0.0879. The molecule has 0 bridgehead atoms. The molecule has 27 rings (SSSR count). The van der Waals surface area contributed by atoms with Gasteiger partial charge in [-0.25, -0.2) is 0 Å². The van der Waals surface area contributed by atoms with Crippen LogP contribution in [-0.2, 0) is 17.3 Å². The van der Waals surface area contributed by atoms with E-state index in [2.05, 4.69) is 510 Å². The van der Waals surface area contributed by atoms with E-state index in [1.54, 1.807) is 0 Å². The second kappa shape index (κ2) is 34.6. The quantitative estimate of drug-likeness (QED) is 0.102. The molecule has 3 aliphatic rings. The van der Waals surface area contributed by atoms with Gasteiger partial charge in [0.25, 0.3) is 0 Å². The van der Waals surface area contributed by atoms with Gasteiger partial charge in [-0.1, -0.05) is 380 Å². The highest BCUT2D eigenvalue weighted by Gasteiger charge is 2.38. The lowest BCUT2D eigenvalue weighted by Gasteiger charge is -2.28. The molecule has 3 aliphatic carbocycles. The summed E-state index contributed by atoms with van der Waals surface area (Å²) in [6.07, 6.45) is 0.959. The molecule has 0 N–H and O–H groups in total. The van der Waals surface area contributed by atoms with Crippen LogP contribution < -0.4 is 14.7 Å². The zero-order valence-electron chi connectivity index (χ0n) is 77.5. The fourth-order valence-corrected chi connectivity index (χ4v) is 23.1. The van der Waals surface area contributed by atoms with Crippen LogP contribution >= 0.6 is 11.3 Å². The van der Waals surface area contributed by atoms with Crippen molar-refractivity contribution in [3.05, 3.63) is 525 Å². The Morgan fingerprint density at radius 3 is 1.08 bits per heavy atom. The fourth-order valence-electron chi connectivity index (χ4n) is 21.8. The van der Waals surface area contributed by atoms with E-state index in [0.717, 1.165) is 124 Å². The van der Waals surface area contributed by atoms with Crippen molar-refractivity contribution in [1.29, 1.82) is 0 Å². The van der Waals surface area contributed by atoms with Crippen LogP contribution in [0.4, 0.5) is 51.2 Å². The summed E-state index contributed by atoms with van der Waals surface area (Å²) in [5.41, 5.74) is 44.4. The van der Waals surface area contributed by atoms with E-state index in [1.165, 1.54) is 131 Å². The Kier molecular flexibility index (Phi) is 20.8. The average Bonchev–Trinajstić information content (AvgIpc) is 1.58. The lowest BCUT2D eigenvalue weighted by atomic mass is 9.82. The molecule has 0 saturated heterocycles. The molecule has 21 aromatic carbocycles. The summed E-state index contributed by atoms with van der Waals surface area (Å²) >= 11 is 1.88. The summed E-state index contributed by atoms with van der Waals surface area (Å²) in [5.74, 6) is 0. The van der Waals surface area contributed by atoms with Crippen LogP contribution in [0.5, 0.6) is 0 Å². The van der Waals surface area contributed by atoms with Crippen LogP contribution in [0.15, 0.2) is 500 Å². The van der Waals surface area contributed by atoms with Crippen molar-refractivity contribution in [3.63, 3.8) is 0 Å². The summed E-state index contributed by atoms with van der Waals surface area (Å²) in [6.45, 7) is 9.39. The van der Waals surface area contributed by atoms with Crippen LogP contribution in [0.2, 0.25) is 0 Å². The van der Waals surface area contributed by atoms with Crippen molar-refractivity contribution in [1.82, 2.24) is 0 Å². The summed E-state index contributed by atoms with van der Waals surface area (Å²) < 4.78 is 15.2. The number of nitrogens with zero attached hydrogens (tertiary/aromatic N) is 3. The lowest BCUT2D eigenvalue weighted by molar-refractivity contribution is 0.660. The molecule has 3 heterocycles.